The van der Waals surface area contributed by atoms with E-state index in [0.717, 1.165) is 0 Å². The van der Waals surface area contributed by atoms with Gasteiger partial charge in [-0.25, -0.2) is 4.79 Å². The van der Waals surface area contributed by atoms with Crippen molar-refractivity contribution in [1.82, 2.24) is 0 Å². The number of ether oxygens (including phenoxy) is 1. The van der Waals surface area contributed by atoms with Gasteiger partial charge in [0.25, 0.3) is 0 Å². The summed E-state index contributed by atoms with van der Waals surface area (Å²) in [5.74, 6) is -1.40. The van der Waals surface area contributed by atoms with Crippen molar-refractivity contribution in [3.8, 4) is 0 Å². The van der Waals surface area contributed by atoms with E-state index in [9.17, 15) is 4.79 Å². The predicted molar refractivity (Wildman–Crippen MR) is 31.5 cm³/mol. The number of aliphatic hydroxyl groups is 2. The average molecular weight is 150 g/mol. The summed E-state index contributed by atoms with van der Waals surface area (Å²) >= 11 is 0. The maximum atomic E-state index is 10.0. The Hall–Kier alpha value is -0.650. The first-order valence-corrected chi connectivity index (χ1v) is 2.68. The van der Waals surface area contributed by atoms with E-state index in [1.54, 1.807) is 0 Å². The first-order valence-electron chi connectivity index (χ1n) is 2.68. The maximum Gasteiger partial charge on any atom is 0.335 e. The third-order valence-electron chi connectivity index (χ3n) is 1.09. The van der Waals surface area contributed by atoms with Gasteiger partial charge < -0.3 is 20.1 Å². The van der Waals surface area contributed by atoms with Crippen LogP contribution in [-0.2, 0) is 9.53 Å². The number of carboxylic acid groups (broad SMARTS) is 1. The third kappa shape index (κ3) is 2.30. The summed E-state index contributed by atoms with van der Waals surface area (Å²) < 4.78 is 4.44. The van der Waals surface area contributed by atoms with E-state index in [2.05, 4.69) is 4.74 Å². The van der Waals surface area contributed by atoms with Crippen LogP contribution in [0.4, 0.5) is 0 Å². The number of aliphatic hydroxyl groups excluding tert-OH is 2. The normalized spacial score (nSPS) is 16.3. The Balaban J connectivity index is 3.88. The minimum atomic E-state index is -1.66. The standard InChI is InChI=1S/C5H10O5/c1-10-3(2-6)4(7)5(8)9/h3-4,6-7H,2H2,1H3,(H,8,9). The molecule has 2 atom stereocenters. The van der Waals surface area contributed by atoms with Crippen molar-refractivity contribution in [3.05, 3.63) is 0 Å². The minimum Gasteiger partial charge on any atom is -0.479 e. The van der Waals surface area contributed by atoms with Gasteiger partial charge in [0.05, 0.1) is 6.61 Å². The zero-order chi connectivity index (χ0) is 8.15. The van der Waals surface area contributed by atoms with Crippen LogP contribution >= 0.6 is 0 Å². The zero-order valence-corrected chi connectivity index (χ0v) is 5.52. The molecule has 0 saturated heterocycles. The Labute approximate surface area is 57.9 Å². The molecular weight excluding hydrogens is 140 g/mol. The van der Waals surface area contributed by atoms with Gasteiger partial charge in [0.1, 0.15) is 6.10 Å². The van der Waals surface area contributed by atoms with E-state index in [0.29, 0.717) is 0 Å². The molecule has 0 saturated carbocycles. The molecule has 5 heteroatoms. The topological polar surface area (TPSA) is 87.0 Å². The average Bonchev–Trinajstić information content (AvgIpc) is 1.90. The monoisotopic (exact) mass is 150 g/mol. The predicted octanol–water partition coefficient (Wildman–Crippen LogP) is -1.56. The quantitative estimate of drug-likeness (QED) is 0.451. The largest absolute Gasteiger partial charge is 0.479 e. The van der Waals surface area contributed by atoms with E-state index < -0.39 is 24.8 Å². The van der Waals surface area contributed by atoms with E-state index in [-0.39, 0.29) is 0 Å². The lowest BCUT2D eigenvalue weighted by Crippen LogP contribution is -2.37. The number of methoxy groups -OCH3 is 1. The fourth-order valence-corrected chi connectivity index (χ4v) is 0.462. The van der Waals surface area contributed by atoms with Crippen molar-refractivity contribution in [2.45, 2.75) is 12.2 Å². The molecule has 0 heterocycles. The van der Waals surface area contributed by atoms with Gasteiger partial charge in [-0.3, -0.25) is 0 Å². The summed E-state index contributed by atoms with van der Waals surface area (Å²) in [5.41, 5.74) is 0. The molecule has 0 spiro atoms. The molecule has 10 heavy (non-hydrogen) atoms. The molecule has 5 nitrogen and oxygen atoms in total. The molecule has 0 aromatic rings. The summed E-state index contributed by atoms with van der Waals surface area (Å²) in [4.78, 5) is 10.0. The molecule has 60 valence electrons. The third-order valence-corrected chi connectivity index (χ3v) is 1.09. The zero-order valence-electron chi connectivity index (χ0n) is 5.52. The van der Waals surface area contributed by atoms with E-state index >= 15 is 0 Å². The molecule has 0 aliphatic rings. The molecule has 0 aliphatic carbocycles. The second-order valence-electron chi connectivity index (χ2n) is 1.74. The SMILES string of the molecule is COC(CO)C(O)C(=O)O. The van der Waals surface area contributed by atoms with Gasteiger partial charge in [0.15, 0.2) is 6.10 Å². The van der Waals surface area contributed by atoms with Gasteiger partial charge in [-0.2, -0.15) is 0 Å². The molecule has 0 aromatic heterocycles. The fraction of sp³-hybridized carbons (Fsp3) is 0.800. The Morgan fingerprint density at radius 2 is 2.20 bits per heavy atom. The summed E-state index contributed by atoms with van der Waals surface area (Å²) in [6, 6.07) is 0. The lowest BCUT2D eigenvalue weighted by molar-refractivity contribution is -0.156. The van der Waals surface area contributed by atoms with Crippen LogP contribution in [0.2, 0.25) is 0 Å². The molecule has 0 radical (unpaired) electrons. The highest BCUT2D eigenvalue weighted by Crippen LogP contribution is 1.96. The number of carbonyl (C=O) groups is 1. The van der Waals surface area contributed by atoms with E-state index in [4.69, 9.17) is 15.3 Å². The van der Waals surface area contributed by atoms with Crippen molar-refractivity contribution in [2.24, 2.45) is 0 Å². The Morgan fingerprint density at radius 1 is 1.70 bits per heavy atom. The van der Waals surface area contributed by atoms with E-state index in [1.165, 1.54) is 7.11 Å². The smallest absolute Gasteiger partial charge is 0.335 e. The van der Waals surface area contributed by atoms with Crippen molar-refractivity contribution < 1.29 is 24.9 Å². The van der Waals surface area contributed by atoms with Crippen LogP contribution in [0.25, 0.3) is 0 Å². The molecule has 0 amide bonds. The maximum absolute atomic E-state index is 10.0. The van der Waals surface area contributed by atoms with Crippen LogP contribution in [0, 0.1) is 0 Å². The van der Waals surface area contributed by atoms with Gasteiger partial charge in [-0.1, -0.05) is 0 Å². The van der Waals surface area contributed by atoms with Crippen molar-refractivity contribution in [1.29, 1.82) is 0 Å². The summed E-state index contributed by atoms with van der Waals surface area (Å²) in [7, 11) is 1.22. The molecule has 0 rings (SSSR count). The second-order valence-corrected chi connectivity index (χ2v) is 1.74. The van der Waals surface area contributed by atoms with Gasteiger partial charge in [-0.05, 0) is 0 Å². The summed E-state index contributed by atoms with van der Waals surface area (Å²) in [6.07, 6.45) is -2.70. The lowest BCUT2D eigenvalue weighted by atomic mass is 10.2. The molecule has 0 aliphatic heterocycles. The minimum absolute atomic E-state index is 0.510. The first-order chi connectivity index (χ1) is 4.63. The second kappa shape index (κ2) is 4.21. The molecule has 0 fully saturated rings. The van der Waals surface area contributed by atoms with Crippen LogP contribution in [0.3, 0.4) is 0 Å². The van der Waals surface area contributed by atoms with Crippen molar-refractivity contribution >= 4 is 5.97 Å². The van der Waals surface area contributed by atoms with Crippen LogP contribution in [0.5, 0.6) is 0 Å². The lowest BCUT2D eigenvalue weighted by Gasteiger charge is -2.14. The van der Waals surface area contributed by atoms with Gasteiger partial charge in [0, 0.05) is 7.11 Å². The molecule has 2 unspecified atom stereocenters. The Kier molecular flexibility index (Phi) is 3.94. The first kappa shape index (κ1) is 9.35. The number of aliphatic carboxylic acids is 1. The summed E-state index contributed by atoms with van der Waals surface area (Å²) in [5, 5.41) is 25.3. The van der Waals surface area contributed by atoms with Crippen molar-refractivity contribution in [3.63, 3.8) is 0 Å². The van der Waals surface area contributed by atoms with Crippen LogP contribution < -0.4 is 0 Å². The highest BCUT2D eigenvalue weighted by atomic mass is 16.5. The van der Waals surface area contributed by atoms with Gasteiger partial charge in [-0.15, -0.1) is 0 Å². The number of hydrogen-bond acceptors (Lipinski definition) is 4. The summed E-state index contributed by atoms with van der Waals surface area (Å²) in [6.45, 7) is -0.510. The molecular formula is C5H10O5. The number of carboxylic acids is 1. The highest BCUT2D eigenvalue weighted by Gasteiger charge is 2.24. The highest BCUT2D eigenvalue weighted by molar-refractivity contribution is 5.72. The Bertz CT molecular complexity index is 109. The molecule has 0 aromatic carbocycles. The fourth-order valence-electron chi connectivity index (χ4n) is 0.462. The number of hydrogen-bond donors (Lipinski definition) is 3. The van der Waals surface area contributed by atoms with Crippen LogP contribution in [-0.4, -0.2) is 47.2 Å². The van der Waals surface area contributed by atoms with Crippen LogP contribution in [0.1, 0.15) is 0 Å². The molecule has 3 N–H and O–H groups in total. The van der Waals surface area contributed by atoms with Gasteiger partial charge in [0.2, 0.25) is 0 Å². The van der Waals surface area contributed by atoms with Crippen LogP contribution in [0.15, 0.2) is 0 Å². The number of rotatable bonds is 4. The molecule has 0 bridgehead atoms. The van der Waals surface area contributed by atoms with Crippen molar-refractivity contribution in [2.75, 3.05) is 13.7 Å². The Morgan fingerprint density at radius 3 is 2.30 bits per heavy atom. The van der Waals surface area contributed by atoms with E-state index in [1.807, 2.05) is 0 Å². The van der Waals surface area contributed by atoms with Gasteiger partial charge >= 0.3 is 5.97 Å².